The summed E-state index contributed by atoms with van der Waals surface area (Å²) < 4.78 is 3.14. The van der Waals surface area contributed by atoms with Crippen LogP contribution in [0.4, 0.5) is 0 Å². The van der Waals surface area contributed by atoms with Crippen molar-refractivity contribution in [3.63, 3.8) is 0 Å². The maximum absolute atomic E-state index is 12.3. The molecule has 92 valence electrons. The summed E-state index contributed by atoms with van der Waals surface area (Å²) in [4.78, 5) is 20.6. The Labute approximate surface area is 107 Å². The minimum atomic E-state index is -0.101. The Kier molecular flexibility index (Phi) is 2.52. The highest BCUT2D eigenvalue weighted by atomic mass is 35.5. The third-order valence-electron chi connectivity index (χ3n) is 2.86. The molecule has 7 heteroatoms. The minimum Gasteiger partial charge on any atom is -0.314 e. The monoisotopic (exact) mass is 263 g/mol. The van der Waals surface area contributed by atoms with Crippen LogP contribution in [0.5, 0.6) is 0 Å². The second kappa shape index (κ2) is 4.06. The molecule has 0 bridgehead atoms. The van der Waals surface area contributed by atoms with Gasteiger partial charge in [-0.1, -0.05) is 0 Å². The Hall–Kier alpha value is -1.95. The fourth-order valence-corrected chi connectivity index (χ4v) is 2.22. The Bertz CT molecular complexity index is 791. The van der Waals surface area contributed by atoms with E-state index < -0.39 is 0 Å². The first-order valence-corrected chi connectivity index (χ1v) is 6.01. The first-order chi connectivity index (χ1) is 8.72. The first kappa shape index (κ1) is 11.2. The third-order valence-corrected chi connectivity index (χ3v) is 3.03. The zero-order chi connectivity index (χ0) is 12.7. The summed E-state index contributed by atoms with van der Waals surface area (Å²) in [6.45, 7) is 2.27. The van der Waals surface area contributed by atoms with Gasteiger partial charge in [-0.15, -0.1) is 11.6 Å². The number of pyridine rings is 1. The molecule has 0 aliphatic heterocycles. The number of fused-ring (bicyclic) bond motifs is 3. The molecule has 0 N–H and O–H groups in total. The Morgan fingerprint density at radius 1 is 1.44 bits per heavy atom. The van der Waals surface area contributed by atoms with E-state index in [0.717, 1.165) is 0 Å². The van der Waals surface area contributed by atoms with Crippen molar-refractivity contribution in [2.24, 2.45) is 0 Å². The second-order valence-electron chi connectivity index (χ2n) is 3.93. The van der Waals surface area contributed by atoms with Gasteiger partial charge in [-0.05, 0) is 13.0 Å². The molecule has 0 atom stereocenters. The Balaban J connectivity index is 2.47. The van der Waals surface area contributed by atoms with Gasteiger partial charge in [0.2, 0.25) is 0 Å². The molecule has 3 heterocycles. The van der Waals surface area contributed by atoms with E-state index in [-0.39, 0.29) is 5.56 Å². The molecule has 0 saturated heterocycles. The van der Waals surface area contributed by atoms with Gasteiger partial charge in [-0.25, -0.2) is 4.98 Å². The van der Waals surface area contributed by atoms with Crippen molar-refractivity contribution >= 4 is 28.3 Å². The van der Waals surface area contributed by atoms with E-state index in [2.05, 4.69) is 15.1 Å². The summed E-state index contributed by atoms with van der Waals surface area (Å²) in [5.74, 6) is 0.887. The lowest BCUT2D eigenvalue weighted by Crippen LogP contribution is -2.22. The van der Waals surface area contributed by atoms with Gasteiger partial charge in [-0.2, -0.15) is 14.6 Å². The second-order valence-corrected chi connectivity index (χ2v) is 4.31. The summed E-state index contributed by atoms with van der Waals surface area (Å²) in [7, 11) is 0. The van der Waals surface area contributed by atoms with Crippen molar-refractivity contribution in [1.82, 2.24) is 24.1 Å². The Morgan fingerprint density at radius 3 is 3.06 bits per heavy atom. The highest BCUT2D eigenvalue weighted by Crippen LogP contribution is 2.13. The number of hydrogen-bond donors (Lipinski definition) is 0. The number of halogens is 1. The molecule has 6 nitrogen and oxygen atoms in total. The molecule has 18 heavy (non-hydrogen) atoms. The lowest BCUT2D eigenvalue weighted by molar-refractivity contribution is 0.737. The molecule has 0 unspecified atom stereocenters. The number of aryl methyl sites for hydroxylation is 2. The lowest BCUT2D eigenvalue weighted by Gasteiger charge is -2.07. The fraction of sp³-hybridized carbons (Fsp3) is 0.273. The first-order valence-electron chi connectivity index (χ1n) is 5.48. The molecule has 0 aliphatic rings. The van der Waals surface area contributed by atoms with Gasteiger partial charge in [0.05, 0.1) is 16.6 Å². The largest absolute Gasteiger partial charge is 0.314 e. The van der Waals surface area contributed by atoms with Crippen LogP contribution in [0.25, 0.3) is 16.7 Å². The number of hydrogen-bond acceptors (Lipinski definition) is 4. The van der Waals surface area contributed by atoms with Crippen LogP contribution in [-0.2, 0) is 6.54 Å². The summed E-state index contributed by atoms with van der Waals surface area (Å²) >= 11 is 5.67. The predicted octanol–water partition coefficient (Wildman–Crippen LogP) is 0.986. The van der Waals surface area contributed by atoms with Crippen LogP contribution in [0.3, 0.4) is 0 Å². The average Bonchev–Trinajstić information content (AvgIpc) is 2.80. The summed E-state index contributed by atoms with van der Waals surface area (Å²) in [5, 5.41) is 4.63. The molecule has 0 aliphatic carbocycles. The van der Waals surface area contributed by atoms with Gasteiger partial charge in [0.1, 0.15) is 6.33 Å². The zero-order valence-electron chi connectivity index (χ0n) is 9.67. The molecule has 3 aromatic heterocycles. The molecule has 3 rings (SSSR count). The highest BCUT2D eigenvalue weighted by molar-refractivity contribution is 6.17. The normalized spacial score (nSPS) is 11.4. The van der Waals surface area contributed by atoms with Crippen molar-refractivity contribution in [3.05, 3.63) is 34.6 Å². The van der Waals surface area contributed by atoms with E-state index in [1.807, 2.05) is 6.07 Å². The number of rotatable bonds is 2. The highest BCUT2D eigenvalue weighted by Gasteiger charge is 2.11. The maximum atomic E-state index is 12.3. The van der Waals surface area contributed by atoms with Crippen molar-refractivity contribution in [2.45, 2.75) is 13.5 Å². The van der Waals surface area contributed by atoms with Crippen LogP contribution < -0.4 is 5.56 Å². The van der Waals surface area contributed by atoms with Crippen molar-refractivity contribution in [3.8, 4) is 0 Å². The predicted molar refractivity (Wildman–Crippen MR) is 68.0 cm³/mol. The number of aromatic nitrogens is 5. The molecule has 0 spiro atoms. The summed E-state index contributed by atoms with van der Waals surface area (Å²) in [5.41, 5.74) is 1.26. The van der Waals surface area contributed by atoms with Gasteiger partial charge in [0.15, 0.2) is 0 Å². The smallest absolute Gasteiger partial charge is 0.261 e. The molecular formula is C11H10ClN5O. The van der Waals surface area contributed by atoms with Gasteiger partial charge in [0, 0.05) is 18.6 Å². The van der Waals surface area contributed by atoms with E-state index in [1.54, 1.807) is 22.2 Å². The van der Waals surface area contributed by atoms with Crippen molar-refractivity contribution < 1.29 is 0 Å². The Morgan fingerprint density at radius 2 is 2.28 bits per heavy atom. The van der Waals surface area contributed by atoms with Crippen LogP contribution in [0.15, 0.2) is 23.4 Å². The molecular weight excluding hydrogens is 254 g/mol. The maximum Gasteiger partial charge on any atom is 0.261 e. The van der Waals surface area contributed by atoms with Crippen molar-refractivity contribution in [2.75, 3.05) is 5.88 Å². The van der Waals surface area contributed by atoms with Gasteiger partial charge in [0.25, 0.3) is 11.3 Å². The minimum absolute atomic E-state index is 0.101. The molecule has 3 aromatic rings. The van der Waals surface area contributed by atoms with Gasteiger partial charge in [-0.3, -0.25) is 4.79 Å². The van der Waals surface area contributed by atoms with E-state index in [0.29, 0.717) is 34.8 Å². The topological polar surface area (TPSA) is 65.1 Å². The van der Waals surface area contributed by atoms with E-state index in [9.17, 15) is 4.79 Å². The molecule has 0 radical (unpaired) electrons. The van der Waals surface area contributed by atoms with Gasteiger partial charge >= 0.3 is 0 Å². The standard InChI is InChI=1S/C11H10ClN5O/c1-7-9-8(17-11(15-7)13-6-14-17)2-4-16(5-3-12)10(9)18/h2,4,6H,3,5H2,1H3. The summed E-state index contributed by atoms with van der Waals surface area (Å²) in [6.07, 6.45) is 3.14. The molecule has 0 amide bonds. The zero-order valence-corrected chi connectivity index (χ0v) is 10.4. The van der Waals surface area contributed by atoms with Crippen LogP contribution in [0.2, 0.25) is 0 Å². The lowest BCUT2D eigenvalue weighted by atomic mass is 10.2. The van der Waals surface area contributed by atoms with Crippen LogP contribution in [0, 0.1) is 6.92 Å². The fourth-order valence-electron chi connectivity index (χ4n) is 2.04. The third kappa shape index (κ3) is 1.49. The number of alkyl halides is 1. The quantitative estimate of drug-likeness (QED) is 0.647. The molecule has 0 saturated carbocycles. The number of nitrogens with zero attached hydrogens (tertiary/aromatic N) is 5. The van der Waals surface area contributed by atoms with Crippen molar-refractivity contribution in [1.29, 1.82) is 0 Å². The average molecular weight is 264 g/mol. The SMILES string of the molecule is Cc1nc2ncnn2c2ccn(CCCl)c(=O)c12. The van der Waals surface area contributed by atoms with Gasteiger partial charge < -0.3 is 4.57 Å². The van der Waals surface area contributed by atoms with E-state index in [4.69, 9.17) is 11.6 Å². The summed E-state index contributed by atoms with van der Waals surface area (Å²) in [6, 6.07) is 1.83. The van der Waals surface area contributed by atoms with Crippen LogP contribution in [-0.4, -0.2) is 30.0 Å². The molecule has 0 aromatic carbocycles. The van der Waals surface area contributed by atoms with E-state index in [1.165, 1.54) is 6.33 Å². The van der Waals surface area contributed by atoms with E-state index >= 15 is 0 Å². The van der Waals surface area contributed by atoms with Crippen LogP contribution in [0.1, 0.15) is 5.69 Å². The molecule has 0 fully saturated rings. The van der Waals surface area contributed by atoms with Crippen LogP contribution >= 0.6 is 11.6 Å².